The van der Waals surface area contributed by atoms with E-state index in [2.05, 4.69) is 40.9 Å². The molecular formula is C15H32O3Si. The maximum atomic E-state index is 6.16. The molecule has 1 unspecified atom stereocenters. The van der Waals surface area contributed by atoms with Crippen molar-refractivity contribution in [3.8, 4) is 0 Å². The molecule has 0 radical (unpaired) electrons. The molecule has 1 aliphatic heterocycles. The average Bonchev–Trinajstić information content (AvgIpc) is 2.44. The third-order valence-corrected chi connectivity index (χ3v) is 8.44. The summed E-state index contributed by atoms with van der Waals surface area (Å²) in [5, 5.41) is -0.119. The molecule has 0 aliphatic carbocycles. The van der Waals surface area contributed by atoms with Crippen LogP contribution in [0.15, 0.2) is 13.2 Å². The van der Waals surface area contributed by atoms with E-state index in [1.807, 2.05) is 0 Å². The van der Waals surface area contributed by atoms with E-state index in [4.69, 9.17) is 13.6 Å². The van der Waals surface area contributed by atoms with Crippen LogP contribution in [0.3, 0.4) is 0 Å². The summed E-state index contributed by atoms with van der Waals surface area (Å²) in [7, 11) is -2.21. The summed E-state index contributed by atoms with van der Waals surface area (Å²) in [4.78, 5) is 0. The highest BCUT2D eigenvalue weighted by Crippen LogP contribution is 2.42. The molecule has 0 aromatic heterocycles. The molecule has 0 bridgehead atoms. The number of hydrogen-bond donors (Lipinski definition) is 0. The Morgan fingerprint density at radius 1 is 0.947 bits per heavy atom. The minimum absolute atomic E-state index is 0.119. The van der Waals surface area contributed by atoms with Crippen LogP contribution in [0.1, 0.15) is 53.4 Å². The summed E-state index contributed by atoms with van der Waals surface area (Å²) in [6.45, 7) is 16.6. The van der Waals surface area contributed by atoms with Crippen LogP contribution in [0.5, 0.6) is 0 Å². The molecule has 4 heteroatoms. The molecule has 1 fully saturated rings. The lowest BCUT2D eigenvalue weighted by Gasteiger charge is -2.49. The second-order valence-electron chi connectivity index (χ2n) is 4.61. The highest BCUT2D eigenvalue weighted by molar-refractivity contribution is 6.70. The predicted molar refractivity (Wildman–Crippen MR) is 83.6 cm³/mol. The van der Waals surface area contributed by atoms with Gasteiger partial charge in [-0.1, -0.05) is 19.8 Å². The average molecular weight is 289 g/mol. The molecule has 0 aromatic carbocycles. The van der Waals surface area contributed by atoms with E-state index in [1.165, 1.54) is 12.8 Å². The molecule has 1 saturated heterocycles. The lowest BCUT2D eigenvalue weighted by Crippen LogP contribution is -2.65. The fraction of sp³-hybridized carbons (Fsp3) is 0.867. The highest BCUT2D eigenvalue weighted by Gasteiger charge is 2.58. The maximum Gasteiger partial charge on any atom is 0.371 e. The third kappa shape index (κ3) is 4.15. The largest absolute Gasteiger partial charge is 0.393 e. The van der Waals surface area contributed by atoms with E-state index in [0.29, 0.717) is 0 Å². The monoisotopic (exact) mass is 288 g/mol. The summed E-state index contributed by atoms with van der Waals surface area (Å²) in [6, 6.07) is 1.09. The Kier molecular flexibility index (Phi) is 9.61. The van der Waals surface area contributed by atoms with Gasteiger partial charge in [-0.2, -0.15) is 0 Å². The summed E-state index contributed by atoms with van der Waals surface area (Å²) >= 11 is 0. The number of ether oxygens (including phenoxy) is 1. The smallest absolute Gasteiger partial charge is 0.371 e. The van der Waals surface area contributed by atoms with E-state index >= 15 is 0 Å². The number of hydrogen-bond acceptors (Lipinski definition) is 3. The summed E-state index contributed by atoms with van der Waals surface area (Å²) in [5.41, 5.74) is 0. The van der Waals surface area contributed by atoms with E-state index < -0.39 is 8.56 Å². The quantitative estimate of drug-likeness (QED) is 0.519. The van der Waals surface area contributed by atoms with Gasteiger partial charge in [0.05, 0.1) is 0 Å². The summed E-state index contributed by atoms with van der Waals surface area (Å²) in [5.74, 6) is 0. The van der Waals surface area contributed by atoms with Gasteiger partial charge < -0.3 is 13.6 Å². The van der Waals surface area contributed by atoms with Crippen LogP contribution < -0.4 is 0 Å². The highest BCUT2D eigenvalue weighted by atomic mass is 28.4. The van der Waals surface area contributed by atoms with Gasteiger partial charge in [-0.25, -0.2) is 0 Å². The molecule has 1 rings (SSSR count). The molecule has 1 heterocycles. The lowest BCUT2D eigenvalue weighted by atomic mass is 10.1. The number of rotatable bonds is 7. The molecular weight excluding hydrogens is 256 g/mol. The maximum absolute atomic E-state index is 6.16. The molecule has 0 saturated carbocycles. The Morgan fingerprint density at radius 3 is 1.95 bits per heavy atom. The van der Waals surface area contributed by atoms with Crippen LogP contribution in [0.2, 0.25) is 6.04 Å². The first-order valence-electron chi connectivity index (χ1n) is 7.62. The Balaban J connectivity index is 0.00000154. The van der Waals surface area contributed by atoms with Crippen molar-refractivity contribution in [1.29, 1.82) is 0 Å². The first-order chi connectivity index (χ1) is 9.20. The van der Waals surface area contributed by atoms with Crippen molar-refractivity contribution >= 4 is 8.56 Å². The van der Waals surface area contributed by atoms with Crippen LogP contribution in [-0.4, -0.2) is 33.6 Å². The van der Waals surface area contributed by atoms with E-state index in [9.17, 15) is 0 Å². The zero-order valence-corrected chi connectivity index (χ0v) is 14.3. The molecule has 3 nitrogen and oxygen atoms in total. The Hall–Kier alpha value is -0.163. The SMILES string of the molecule is C=C.CCOC1(CC)CCCC[Si]1(OCC)OCC. The lowest BCUT2D eigenvalue weighted by molar-refractivity contribution is -0.0426. The van der Waals surface area contributed by atoms with Gasteiger partial charge >= 0.3 is 8.56 Å². The fourth-order valence-electron chi connectivity index (χ4n) is 3.11. The van der Waals surface area contributed by atoms with Crippen LogP contribution in [0, 0.1) is 0 Å². The third-order valence-electron chi connectivity index (χ3n) is 3.78. The minimum atomic E-state index is -2.21. The first-order valence-corrected chi connectivity index (χ1v) is 9.64. The molecule has 114 valence electrons. The van der Waals surface area contributed by atoms with Gasteiger partial charge in [0.25, 0.3) is 0 Å². The van der Waals surface area contributed by atoms with Gasteiger partial charge in [-0.05, 0) is 39.7 Å². The van der Waals surface area contributed by atoms with Crippen molar-refractivity contribution < 1.29 is 13.6 Å². The van der Waals surface area contributed by atoms with Gasteiger partial charge in [-0.15, -0.1) is 13.2 Å². The normalized spacial score (nSPS) is 25.5. The van der Waals surface area contributed by atoms with Crippen LogP contribution in [0.25, 0.3) is 0 Å². The molecule has 1 aliphatic rings. The molecule has 0 N–H and O–H groups in total. The Labute approximate surface area is 120 Å². The Bertz CT molecular complexity index is 220. The first kappa shape index (κ1) is 18.8. The summed E-state index contributed by atoms with van der Waals surface area (Å²) in [6.07, 6.45) is 4.57. The molecule has 0 spiro atoms. The summed E-state index contributed by atoms with van der Waals surface area (Å²) < 4.78 is 18.5. The van der Waals surface area contributed by atoms with Crippen molar-refractivity contribution in [2.24, 2.45) is 0 Å². The van der Waals surface area contributed by atoms with Gasteiger partial charge in [0.1, 0.15) is 5.22 Å². The zero-order chi connectivity index (χ0) is 14.8. The van der Waals surface area contributed by atoms with Crippen molar-refractivity contribution in [1.82, 2.24) is 0 Å². The zero-order valence-electron chi connectivity index (χ0n) is 13.3. The van der Waals surface area contributed by atoms with Gasteiger partial charge in [0.2, 0.25) is 0 Å². The topological polar surface area (TPSA) is 27.7 Å². The molecule has 0 aromatic rings. The predicted octanol–water partition coefficient (Wildman–Crippen LogP) is 4.21. The minimum Gasteiger partial charge on any atom is -0.393 e. The van der Waals surface area contributed by atoms with Crippen LogP contribution in [0.4, 0.5) is 0 Å². The molecule has 0 amide bonds. The van der Waals surface area contributed by atoms with Gasteiger partial charge in [-0.3, -0.25) is 0 Å². The Morgan fingerprint density at radius 2 is 1.53 bits per heavy atom. The van der Waals surface area contributed by atoms with Crippen molar-refractivity contribution in [3.63, 3.8) is 0 Å². The molecule has 19 heavy (non-hydrogen) atoms. The van der Waals surface area contributed by atoms with Crippen molar-refractivity contribution in [2.45, 2.75) is 64.6 Å². The second-order valence-corrected chi connectivity index (χ2v) is 8.10. The van der Waals surface area contributed by atoms with Gasteiger partial charge in [0.15, 0.2) is 0 Å². The van der Waals surface area contributed by atoms with E-state index in [0.717, 1.165) is 38.7 Å². The standard InChI is InChI=1S/C13H28O3Si.C2H4/c1-5-13(14-6-2)11-9-10-12-17(13,15-7-3)16-8-4;1-2/h5-12H2,1-4H3;1-2H2. The van der Waals surface area contributed by atoms with E-state index in [1.54, 1.807) is 0 Å². The second kappa shape index (κ2) is 9.70. The van der Waals surface area contributed by atoms with Crippen molar-refractivity contribution in [3.05, 3.63) is 13.2 Å². The fourth-order valence-corrected chi connectivity index (χ4v) is 7.57. The van der Waals surface area contributed by atoms with Crippen LogP contribution in [-0.2, 0) is 13.6 Å². The van der Waals surface area contributed by atoms with E-state index in [-0.39, 0.29) is 5.22 Å². The van der Waals surface area contributed by atoms with Crippen molar-refractivity contribution in [2.75, 3.05) is 19.8 Å². The molecule has 1 atom stereocenters. The van der Waals surface area contributed by atoms with Crippen LogP contribution >= 0.6 is 0 Å². The van der Waals surface area contributed by atoms with Gasteiger partial charge in [0, 0.05) is 19.8 Å².